The van der Waals surface area contributed by atoms with Gasteiger partial charge in [0.05, 0.1) is 12.0 Å². The lowest BCUT2D eigenvalue weighted by Crippen LogP contribution is -2.03. The first-order valence-electron chi connectivity index (χ1n) is 13.8. The van der Waals surface area contributed by atoms with Crippen LogP contribution < -0.4 is 10.1 Å². The molecule has 5 rings (SSSR count). The highest BCUT2D eigenvalue weighted by molar-refractivity contribution is 5.95. The molecule has 4 heteroatoms. The van der Waals surface area contributed by atoms with Gasteiger partial charge in [-0.3, -0.25) is 0 Å². The van der Waals surface area contributed by atoms with E-state index in [1.54, 1.807) is 0 Å². The molecular weight excluding hydrogens is 456 g/mol. The summed E-state index contributed by atoms with van der Waals surface area (Å²) in [7, 11) is 0. The molecule has 2 aromatic heterocycles. The first-order chi connectivity index (χ1) is 18.0. The van der Waals surface area contributed by atoms with Gasteiger partial charge in [0, 0.05) is 29.6 Å². The standard InChI is InChI=1S/C21H24N2O2.C6H6.C4H10.C2H6/c1-3-12-24-17-8-6-16(7-9-17)20-14(2)19-18(23-13-15-4-5-15)10-11-22-21(19)25-20;1-2-4-6-5-3-1;1-4(2)3;1-2/h6-11,15H,3-5,12-13H2,1-2H3,(H,22,23);1-6H;4H,1-3H3;1-2H3. The summed E-state index contributed by atoms with van der Waals surface area (Å²) in [6.45, 7) is 16.5. The predicted molar refractivity (Wildman–Crippen MR) is 159 cm³/mol. The number of rotatable bonds is 7. The molecule has 2 aromatic carbocycles. The van der Waals surface area contributed by atoms with E-state index in [0.29, 0.717) is 5.71 Å². The quantitative estimate of drug-likeness (QED) is 0.273. The first kappa shape index (κ1) is 30.0. The molecule has 1 aliphatic carbocycles. The molecule has 1 fully saturated rings. The Morgan fingerprint density at radius 3 is 2.03 bits per heavy atom. The molecule has 4 nitrogen and oxygen atoms in total. The summed E-state index contributed by atoms with van der Waals surface area (Å²) >= 11 is 0. The van der Waals surface area contributed by atoms with Crippen LogP contribution in [0.3, 0.4) is 0 Å². The molecule has 1 N–H and O–H groups in total. The van der Waals surface area contributed by atoms with Crippen LogP contribution in [0.2, 0.25) is 0 Å². The molecule has 0 saturated heterocycles. The maximum absolute atomic E-state index is 6.08. The van der Waals surface area contributed by atoms with E-state index in [-0.39, 0.29) is 0 Å². The Labute approximate surface area is 224 Å². The lowest BCUT2D eigenvalue weighted by molar-refractivity contribution is 0.317. The van der Waals surface area contributed by atoms with Crippen molar-refractivity contribution in [1.82, 2.24) is 4.98 Å². The molecule has 0 bridgehead atoms. The van der Waals surface area contributed by atoms with Crippen LogP contribution in [-0.2, 0) is 0 Å². The van der Waals surface area contributed by atoms with Crippen molar-refractivity contribution in [2.45, 2.75) is 67.7 Å². The van der Waals surface area contributed by atoms with Gasteiger partial charge < -0.3 is 14.5 Å². The van der Waals surface area contributed by atoms with E-state index < -0.39 is 0 Å². The lowest BCUT2D eigenvalue weighted by Gasteiger charge is -2.07. The Kier molecular flexibility index (Phi) is 13.3. The number of anilines is 1. The molecule has 0 radical (unpaired) electrons. The minimum Gasteiger partial charge on any atom is -0.494 e. The van der Waals surface area contributed by atoms with Crippen molar-refractivity contribution in [2.75, 3.05) is 18.5 Å². The van der Waals surface area contributed by atoms with E-state index in [0.717, 1.165) is 65.1 Å². The van der Waals surface area contributed by atoms with Gasteiger partial charge in [-0.25, -0.2) is 4.98 Å². The van der Waals surface area contributed by atoms with Gasteiger partial charge in [0.25, 0.3) is 0 Å². The van der Waals surface area contributed by atoms with Crippen LogP contribution in [0, 0.1) is 18.8 Å². The van der Waals surface area contributed by atoms with Gasteiger partial charge in [-0.15, -0.1) is 0 Å². The second-order valence-corrected chi connectivity index (χ2v) is 9.68. The van der Waals surface area contributed by atoms with Crippen molar-refractivity contribution in [3.05, 3.63) is 78.5 Å². The van der Waals surface area contributed by atoms with Gasteiger partial charge in [-0.1, -0.05) is 77.9 Å². The third kappa shape index (κ3) is 10.3. The fourth-order valence-electron chi connectivity index (χ4n) is 3.48. The average Bonchev–Trinajstić information content (AvgIpc) is 3.70. The fourth-order valence-corrected chi connectivity index (χ4v) is 3.48. The van der Waals surface area contributed by atoms with Gasteiger partial charge in [0.15, 0.2) is 0 Å². The number of pyridine rings is 1. The average molecular weight is 503 g/mol. The molecular formula is C33H46N2O2. The van der Waals surface area contributed by atoms with Crippen LogP contribution in [0.25, 0.3) is 22.4 Å². The Morgan fingerprint density at radius 2 is 1.51 bits per heavy atom. The van der Waals surface area contributed by atoms with Crippen LogP contribution in [0.1, 0.15) is 66.4 Å². The third-order valence-corrected chi connectivity index (χ3v) is 5.36. The Balaban J connectivity index is 0.000000335. The van der Waals surface area contributed by atoms with E-state index in [2.05, 4.69) is 44.9 Å². The van der Waals surface area contributed by atoms with Crippen molar-refractivity contribution >= 4 is 16.8 Å². The molecule has 37 heavy (non-hydrogen) atoms. The van der Waals surface area contributed by atoms with E-state index in [4.69, 9.17) is 9.15 Å². The van der Waals surface area contributed by atoms with Crippen molar-refractivity contribution in [1.29, 1.82) is 0 Å². The third-order valence-electron chi connectivity index (χ3n) is 5.36. The molecule has 0 spiro atoms. The maximum atomic E-state index is 6.08. The number of nitrogens with zero attached hydrogens (tertiary/aromatic N) is 1. The van der Waals surface area contributed by atoms with Crippen LogP contribution in [0.4, 0.5) is 5.69 Å². The number of benzene rings is 2. The largest absolute Gasteiger partial charge is 0.494 e. The van der Waals surface area contributed by atoms with Gasteiger partial charge in [-0.05, 0) is 68.4 Å². The van der Waals surface area contributed by atoms with E-state index in [1.807, 2.05) is 86.8 Å². The van der Waals surface area contributed by atoms with Crippen LogP contribution in [0.15, 0.2) is 77.3 Å². The van der Waals surface area contributed by atoms with Crippen molar-refractivity contribution in [3.63, 3.8) is 0 Å². The predicted octanol–water partition coefficient (Wildman–Crippen LogP) is 9.79. The van der Waals surface area contributed by atoms with Crippen molar-refractivity contribution in [2.24, 2.45) is 11.8 Å². The zero-order valence-electron chi connectivity index (χ0n) is 23.9. The van der Waals surface area contributed by atoms with Crippen LogP contribution in [-0.4, -0.2) is 18.1 Å². The second-order valence-electron chi connectivity index (χ2n) is 9.68. The van der Waals surface area contributed by atoms with Gasteiger partial charge >= 0.3 is 0 Å². The number of fused-ring (bicyclic) bond motifs is 1. The van der Waals surface area contributed by atoms with Gasteiger partial charge in [0.1, 0.15) is 11.5 Å². The smallest absolute Gasteiger partial charge is 0.229 e. The minimum absolute atomic E-state index is 0.694. The van der Waals surface area contributed by atoms with E-state index in [1.165, 1.54) is 12.8 Å². The number of furan rings is 1. The summed E-state index contributed by atoms with van der Waals surface area (Å²) in [5.74, 6) is 3.43. The fraction of sp³-hybridized carbons (Fsp3) is 0.424. The highest BCUT2D eigenvalue weighted by Gasteiger charge is 2.22. The molecule has 1 saturated carbocycles. The molecule has 0 amide bonds. The topological polar surface area (TPSA) is 47.3 Å². The molecule has 0 atom stereocenters. The number of hydrogen-bond acceptors (Lipinski definition) is 4. The summed E-state index contributed by atoms with van der Waals surface area (Å²) < 4.78 is 11.7. The summed E-state index contributed by atoms with van der Waals surface area (Å²) in [6, 6.07) is 22.1. The normalized spacial score (nSPS) is 11.9. The summed E-state index contributed by atoms with van der Waals surface area (Å²) in [5.41, 5.74) is 3.99. The monoisotopic (exact) mass is 502 g/mol. The summed E-state index contributed by atoms with van der Waals surface area (Å²) in [4.78, 5) is 4.42. The number of nitrogens with one attached hydrogen (secondary N) is 1. The molecule has 0 aliphatic heterocycles. The number of hydrogen-bond donors (Lipinski definition) is 1. The molecule has 4 aromatic rings. The second kappa shape index (κ2) is 16.5. The van der Waals surface area contributed by atoms with Crippen molar-refractivity contribution < 1.29 is 9.15 Å². The van der Waals surface area contributed by atoms with Crippen LogP contribution in [0.5, 0.6) is 5.75 Å². The van der Waals surface area contributed by atoms with E-state index in [9.17, 15) is 0 Å². The van der Waals surface area contributed by atoms with Crippen molar-refractivity contribution in [3.8, 4) is 17.1 Å². The summed E-state index contributed by atoms with van der Waals surface area (Å²) in [6.07, 6.45) is 5.49. The molecule has 1 aliphatic rings. The number of ether oxygens (including phenoxy) is 1. The highest BCUT2D eigenvalue weighted by atomic mass is 16.5. The maximum Gasteiger partial charge on any atom is 0.229 e. The SMILES string of the molecule is CC.CC(C)C.CCCOc1ccc(-c2oc3nccc(NCC4CC4)c3c2C)cc1.c1ccccc1. The lowest BCUT2D eigenvalue weighted by atomic mass is 10.1. The minimum atomic E-state index is 0.694. The Bertz CT molecular complexity index is 1100. The Hall–Kier alpha value is -3.27. The molecule has 2 heterocycles. The van der Waals surface area contributed by atoms with E-state index >= 15 is 0 Å². The highest BCUT2D eigenvalue weighted by Crippen LogP contribution is 2.37. The molecule has 0 unspecified atom stereocenters. The Morgan fingerprint density at radius 1 is 0.946 bits per heavy atom. The number of aryl methyl sites for hydroxylation is 1. The zero-order valence-corrected chi connectivity index (χ0v) is 23.9. The zero-order chi connectivity index (χ0) is 27.0. The molecule has 200 valence electrons. The first-order valence-corrected chi connectivity index (χ1v) is 13.8. The number of aromatic nitrogens is 1. The van der Waals surface area contributed by atoms with Gasteiger partial charge in [-0.2, -0.15) is 0 Å². The van der Waals surface area contributed by atoms with Gasteiger partial charge in [0.2, 0.25) is 5.71 Å². The van der Waals surface area contributed by atoms with Crippen LogP contribution >= 0.6 is 0 Å². The summed E-state index contributed by atoms with van der Waals surface area (Å²) in [5, 5.41) is 4.65.